The van der Waals surface area contributed by atoms with E-state index in [0.29, 0.717) is 17.2 Å². The van der Waals surface area contributed by atoms with E-state index in [0.717, 1.165) is 5.57 Å². The number of rotatable bonds is 3. The van der Waals surface area contributed by atoms with Gasteiger partial charge in [-0.1, -0.05) is 11.6 Å². The Bertz CT molecular complexity index is 275. The van der Waals surface area contributed by atoms with Gasteiger partial charge in [-0.05, 0) is 12.5 Å². The van der Waals surface area contributed by atoms with Crippen molar-refractivity contribution < 1.29 is 4.18 Å². The molecule has 0 bridgehead atoms. The first kappa shape index (κ1) is 11.0. The van der Waals surface area contributed by atoms with Crippen LogP contribution >= 0.6 is 35.2 Å². The van der Waals surface area contributed by atoms with Gasteiger partial charge in [0.1, 0.15) is 0 Å². The minimum atomic E-state index is -0.140. The van der Waals surface area contributed by atoms with Crippen molar-refractivity contribution in [2.24, 2.45) is 0 Å². The Morgan fingerprint density at radius 3 is 3.00 bits per heavy atom. The third-order valence-corrected chi connectivity index (χ3v) is 2.50. The number of hydrogen-bond acceptors (Lipinski definition) is 3. The van der Waals surface area contributed by atoms with Crippen molar-refractivity contribution in [1.29, 1.82) is 5.41 Å². The molecule has 0 aromatic rings. The molecule has 1 aliphatic carbocycles. The van der Waals surface area contributed by atoms with Gasteiger partial charge in [0.15, 0.2) is 5.76 Å². The first-order valence-corrected chi connectivity index (χ1v) is 5.61. The summed E-state index contributed by atoms with van der Waals surface area (Å²) in [4.78, 5) is 0. The van der Waals surface area contributed by atoms with Crippen LogP contribution in [0.1, 0.15) is 6.42 Å². The lowest BCUT2D eigenvalue weighted by atomic mass is 10.0. The second-order valence-corrected chi connectivity index (χ2v) is 3.95. The molecule has 0 aromatic heterocycles. The second kappa shape index (κ2) is 4.94. The Kier molecular flexibility index (Phi) is 4.16. The molecule has 0 heterocycles. The summed E-state index contributed by atoms with van der Waals surface area (Å²) in [6.07, 6.45) is 5.35. The SMILES string of the molecule is CSOC1=C(C=N)CC(Cl)C=C1Cl. The average Bonchev–Trinajstić information content (AvgIpc) is 2.09. The predicted octanol–water partition coefficient (Wildman–Crippen LogP) is 3.32. The van der Waals surface area contributed by atoms with Crippen LogP contribution in [0.2, 0.25) is 0 Å². The molecular weight excluding hydrogens is 229 g/mol. The molecule has 0 saturated carbocycles. The summed E-state index contributed by atoms with van der Waals surface area (Å²) in [5, 5.41) is 7.51. The van der Waals surface area contributed by atoms with Crippen LogP contribution in [0.15, 0.2) is 22.4 Å². The summed E-state index contributed by atoms with van der Waals surface area (Å²) in [6.45, 7) is 0. The van der Waals surface area contributed by atoms with E-state index >= 15 is 0 Å². The van der Waals surface area contributed by atoms with Gasteiger partial charge in [-0.25, -0.2) is 0 Å². The Labute approximate surface area is 91.6 Å². The van der Waals surface area contributed by atoms with E-state index in [2.05, 4.69) is 0 Å². The molecule has 1 N–H and O–H groups in total. The summed E-state index contributed by atoms with van der Waals surface area (Å²) in [7, 11) is 0. The first-order valence-electron chi connectivity index (χ1n) is 3.65. The molecule has 1 aliphatic rings. The van der Waals surface area contributed by atoms with Gasteiger partial charge in [-0.3, -0.25) is 0 Å². The molecule has 0 aromatic carbocycles. The minimum absolute atomic E-state index is 0.140. The summed E-state index contributed by atoms with van der Waals surface area (Å²) in [6, 6.07) is 0. The van der Waals surface area contributed by atoms with Crippen molar-refractivity contribution in [1.82, 2.24) is 0 Å². The van der Waals surface area contributed by atoms with Crippen LogP contribution in [0.25, 0.3) is 0 Å². The van der Waals surface area contributed by atoms with Gasteiger partial charge >= 0.3 is 0 Å². The molecule has 0 aliphatic heterocycles. The number of nitrogens with one attached hydrogen (secondary N) is 1. The van der Waals surface area contributed by atoms with Crippen LogP contribution in [0.3, 0.4) is 0 Å². The average molecular weight is 238 g/mol. The fourth-order valence-corrected chi connectivity index (χ4v) is 2.13. The zero-order chi connectivity index (χ0) is 9.84. The molecule has 72 valence electrons. The highest BCUT2D eigenvalue weighted by atomic mass is 35.5. The first-order chi connectivity index (χ1) is 6.19. The largest absolute Gasteiger partial charge is 0.424 e. The molecule has 13 heavy (non-hydrogen) atoms. The Balaban J connectivity index is 2.94. The van der Waals surface area contributed by atoms with E-state index in [9.17, 15) is 0 Å². The topological polar surface area (TPSA) is 33.1 Å². The molecule has 0 radical (unpaired) electrons. The van der Waals surface area contributed by atoms with Crippen molar-refractivity contribution >= 4 is 41.5 Å². The lowest BCUT2D eigenvalue weighted by molar-refractivity contribution is 0.509. The maximum Gasteiger partial charge on any atom is 0.160 e. The summed E-state index contributed by atoms with van der Waals surface area (Å²) in [5.74, 6) is 0.557. The van der Waals surface area contributed by atoms with Gasteiger partial charge in [0.2, 0.25) is 0 Å². The Morgan fingerprint density at radius 1 is 1.77 bits per heavy atom. The van der Waals surface area contributed by atoms with E-state index in [-0.39, 0.29) is 5.38 Å². The zero-order valence-corrected chi connectivity index (χ0v) is 9.34. The van der Waals surface area contributed by atoms with Gasteiger partial charge in [0.25, 0.3) is 0 Å². The number of hydrogen-bond donors (Lipinski definition) is 1. The molecule has 0 saturated heterocycles. The molecule has 1 rings (SSSR count). The molecule has 5 heteroatoms. The monoisotopic (exact) mass is 237 g/mol. The summed E-state index contributed by atoms with van der Waals surface area (Å²) < 4.78 is 5.23. The van der Waals surface area contributed by atoms with Gasteiger partial charge in [-0.2, -0.15) is 0 Å². The lowest BCUT2D eigenvalue weighted by Crippen LogP contribution is -2.08. The van der Waals surface area contributed by atoms with E-state index in [4.69, 9.17) is 32.8 Å². The van der Waals surface area contributed by atoms with Gasteiger partial charge in [0.05, 0.1) is 22.5 Å². The highest BCUT2D eigenvalue weighted by Crippen LogP contribution is 2.32. The van der Waals surface area contributed by atoms with E-state index in [1.165, 1.54) is 18.3 Å². The molecule has 2 nitrogen and oxygen atoms in total. The van der Waals surface area contributed by atoms with Crippen molar-refractivity contribution in [3.05, 3.63) is 22.4 Å². The normalized spacial score (nSPS) is 22.7. The lowest BCUT2D eigenvalue weighted by Gasteiger charge is -2.17. The van der Waals surface area contributed by atoms with Crippen molar-refractivity contribution in [3.8, 4) is 0 Å². The number of alkyl halides is 1. The van der Waals surface area contributed by atoms with Crippen LogP contribution in [0.5, 0.6) is 0 Å². The van der Waals surface area contributed by atoms with Gasteiger partial charge in [0, 0.05) is 18.0 Å². The number of allylic oxidation sites excluding steroid dienone is 3. The molecular formula is C8H9Cl2NOS. The summed E-state index contributed by atoms with van der Waals surface area (Å²) >= 11 is 13.0. The minimum Gasteiger partial charge on any atom is -0.424 e. The smallest absolute Gasteiger partial charge is 0.160 e. The van der Waals surface area contributed by atoms with Gasteiger partial charge in [-0.15, -0.1) is 11.6 Å². The summed E-state index contributed by atoms with van der Waals surface area (Å²) in [5.41, 5.74) is 0.738. The van der Waals surface area contributed by atoms with Crippen LogP contribution in [0.4, 0.5) is 0 Å². The molecule has 1 atom stereocenters. The maximum absolute atomic E-state index is 7.17. The van der Waals surface area contributed by atoms with Crippen LogP contribution < -0.4 is 0 Å². The van der Waals surface area contributed by atoms with E-state index in [1.54, 1.807) is 12.3 Å². The van der Waals surface area contributed by atoms with Crippen molar-refractivity contribution in [2.45, 2.75) is 11.8 Å². The highest BCUT2D eigenvalue weighted by Gasteiger charge is 2.20. The molecule has 0 amide bonds. The maximum atomic E-state index is 7.17. The molecule has 0 spiro atoms. The van der Waals surface area contributed by atoms with Gasteiger partial charge < -0.3 is 9.59 Å². The standard InChI is InChI=1S/C8H9Cl2NOS/c1-13-12-8-5(4-11)2-6(9)3-7(8)10/h3-4,6,11H,2H2,1H3. The molecule has 0 fully saturated rings. The highest BCUT2D eigenvalue weighted by molar-refractivity contribution is 7.94. The van der Waals surface area contributed by atoms with Crippen molar-refractivity contribution in [3.63, 3.8) is 0 Å². The van der Waals surface area contributed by atoms with Crippen LogP contribution in [-0.2, 0) is 4.18 Å². The van der Waals surface area contributed by atoms with E-state index < -0.39 is 0 Å². The van der Waals surface area contributed by atoms with Crippen LogP contribution in [0, 0.1) is 5.41 Å². The predicted molar refractivity (Wildman–Crippen MR) is 58.6 cm³/mol. The third-order valence-electron chi connectivity index (χ3n) is 1.59. The fraction of sp³-hybridized carbons (Fsp3) is 0.375. The third kappa shape index (κ3) is 2.66. The second-order valence-electron chi connectivity index (χ2n) is 2.48. The van der Waals surface area contributed by atoms with E-state index in [1.807, 2.05) is 0 Å². The number of halogens is 2. The Morgan fingerprint density at radius 2 is 2.46 bits per heavy atom. The zero-order valence-electron chi connectivity index (χ0n) is 7.01. The molecule has 1 unspecified atom stereocenters. The quantitative estimate of drug-likeness (QED) is 0.464. The Hall–Kier alpha value is -0.120. The van der Waals surface area contributed by atoms with Crippen LogP contribution in [-0.4, -0.2) is 17.8 Å². The van der Waals surface area contributed by atoms with Crippen molar-refractivity contribution in [2.75, 3.05) is 6.26 Å². The fourth-order valence-electron chi connectivity index (χ4n) is 1.05.